The first-order valence-corrected chi connectivity index (χ1v) is 5.06. The molecule has 1 aromatic carbocycles. The first-order chi connectivity index (χ1) is 6.97. The quantitative estimate of drug-likeness (QED) is 0.641. The van der Waals surface area contributed by atoms with Crippen LogP contribution in [-0.4, -0.2) is 23.3 Å². The molecule has 2 N–H and O–H groups in total. The van der Waals surface area contributed by atoms with Crippen LogP contribution < -0.4 is 0 Å². The number of phenolic OH excluding ortho intramolecular Hbond substituents is 2. The van der Waals surface area contributed by atoms with Crippen LogP contribution in [0.2, 0.25) is 0 Å². The first-order valence-electron chi connectivity index (χ1n) is 4.26. The van der Waals surface area contributed by atoms with Gasteiger partial charge in [0, 0.05) is 4.47 Å². The van der Waals surface area contributed by atoms with E-state index in [1.807, 2.05) is 0 Å². The van der Waals surface area contributed by atoms with E-state index in [1.165, 1.54) is 19.2 Å². The third-order valence-corrected chi connectivity index (χ3v) is 2.80. The Bertz CT molecular complexity index is 389. The molecule has 0 saturated heterocycles. The lowest BCUT2D eigenvalue weighted by atomic mass is 10.0. The molecule has 0 radical (unpaired) electrons. The highest BCUT2D eigenvalue weighted by Crippen LogP contribution is 2.35. The predicted octanol–water partition coefficient (Wildman–Crippen LogP) is 2.14. The highest BCUT2D eigenvalue weighted by atomic mass is 79.9. The summed E-state index contributed by atoms with van der Waals surface area (Å²) < 4.78 is 5.14. The Labute approximate surface area is 95.6 Å². The third-order valence-electron chi connectivity index (χ3n) is 2.12. The van der Waals surface area contributed by atoms with E-state index in [9.17, 15) is 15.0 Å². The molecule has 82 valence electrons. The van der Waals surface area contributed by atoms with Crippen LogP contribution in [0.15, 0.2) is 16.6 Å². The average Bonchev–Trinajstić information content (AvgIpc) is 2.21. The van der Waals surface area contributed by atoms with Crippen LogP contribution in [0.3, 0.4) is 0 Å². The number of carbonyl (C=O) groups excluding carboxylic acids is 1. The molecule has 4 nitrogen and oxygen atoms in total. The van der Waals surface area contributed by atoms with Crippen molar-refractivity contribution in [3.05, 3.63) is 22.2 Å². The number of carbonyl (C=O) groups is 1. The van der Waals surface area contributed by atoms with Crippen molar-refractivity contribution in [3.63, 3.8) is 0 Å². The predicted molar refractivity (Wildman–Crippen MR) is 57.9 cm³/mol. The zero-order chi connectivity index (χ0) is 11.6. The number of benzene rings is 1. The maximum atomic E-state index is 11.3. The van der Waals surface area contributed by atoms with Crippen LogP contribution >= 0.6 is 15.9 Å². The fraction of sp³-hybridized carbons (Fsp3) is 0.300. The fourth-order valence-electron chi connectivity index (χ4n) is 1.20. The van der Waals surface area contributed by atoms with Crippen molar-refractivity contribution in [1.29, 1.82) is 0 Å². The molecule has 15 heavy (non-hydrogen) atoms. The summed E-state index contributed by atoms with van der Waals surface area (Å²) >= 11 is 3.20. The Morgan fingerprint density at radius 2 is 1.93 bits per heavy atom. The van der Waals surface area contributed by atoms with Gasteiger partial charge in [0.25, 0.3) is 0 Å². The number of ether oxygens (including phenoxy) is 1. The number of rotatable bonds is 2. The zero-order valence-corrected chi connectivity index (χ0v) is 9.91. The minimum Gasteiger partial charge on any atom is -0.504 e. The van der Waals surface area contributed by atoms with Crippen LogP contribution in [0.25, 0.3) is 0 Å². The Hall–Kier alpha value is -1.23. The molecular weight excluding hydrogens is 264 g/mol. The second-order valence-corrected chi connectivity index (χ2v) is 3.96. The van der Waals surface area contributed by atoms with Crippen LogP contribution in [0.5, 0.6) is 11.5 Å². The monoisotopic (exact) mass is 274 g/mol. The number of methoxy groups -OCH3 is 1. The first kappa shape index (κ1) is 11.8. The third kappa shape index (κ3) is 2.41. The van der Waals surface area contributed by atoms with Crippen molar-refractivity contribution in [1.82, 2.24) is 0 Å². The van der Waals surface area contributed by atoms with Crippen LogP contribution in [0.4, 0.5) is 0 Å². The molecule has 0 aliphatic rings. The summed E-state index contributed by atoms with van der Waals surface area (Å²) in [5.41, 5.74) is 0.567. The summed E-state index contributed by atoms with van der Waals surface area (Å²) in [5, 5.41) is 18.5. The van der Waals surface area contributed by atoms with Crippen molar-refractivity contribution in [2.75, 3.05) is 7.11 Å². The molecule has 0 aliphatic carbocycles. The highest BCUT2D eigenvalue weighted by molar-refractivity contribution is 9.10. The molecule has 0 amide bonds. The maximum absolute atomic E-state index is 11.3. The van der Waals surface area contributed by atoms with E-state index in [4.69, 9.17) is 0 Å². The van der Waals surface area contributed by atoms with Gasteiger partial charge in [-0.3, -0.25) is 4.79 Å². The Morgan fingerprint density at radius 3 is 2.47 bits per heavy atom. The summed E-state index contributed by atoms with van der Waals surface area (Å²) in [6.45, 7) is 1.66. The molecule has 0 heterocycles. The fourth-order valence-corrected chi connectivity index (χ4v) is 1.88. The van der Waals surface area contributed by atoms with Gasteiger partial charge in [0.1, 0.15) is 0 Å². The number of hydrogen-bond acceptors (Lipinski definition) is 4. The van der Waals surface area contributed by atoms with E-state index in [-0.39, 0.29) is 11.5 Å². The lowest BCUT2D eigenvalue weighted by molar-refractivity contribution is -0.142. The number of phenols is 2. The molecule has 1 rings (SSSR count). The van der Waals surface area contributed by atoms with E-state index >= 15 is 0 Å². The standard InChI is InChI=1S/C10H11BrO4/c1-5(10(14)15-2)6-3-8(12)9(13)4-7(6)11/h3-5,12-13H,1-2H3. The molecule has 0 aromatic heterocycles. The van der Waals surface area contributed by atoms with Crippen LogP contribution in [0, 0.1) is 0 Å². The topological polar surface area (TPSA) is 66.8 Å². The summed E-state index contributed by atoms with van der Waals surface area (Å²) in [4.78, 5) is 11.3. The van der Waals surface area contributed by atoms with E-state index in [0.29, 0.717) is 10.0 Å². The minimum atomic E-state index is -0.504. The largest absolute Gasteiger partial charge is 0.504 e. The molecular formula is C10H11BrO4. The Balaban J connectivity index is 3.14. The number of aromatic hydroxyl groups is 2. The molecule has 1 atom stereocenters. The van der Waals surface area contributed by atoms with Gasteiger partial charge in [0.2, 0.25) is 0 Å². The minimum absolute atomic E-state index is 0.234. The van der Waals surface area contributed by atoms with Gasteiger partial charge in [-0.05, 0) is 24.6 Å². The average molecular weight is 275 g/mol. The highest BCUT2D eigenvalue weighted by Gasteiger charge is 2.20. The van der Waals surface area contributed by atoms with Gasteiger partial charge in [-0.25, -0.2) is 0 Å². The molecule has 1 unspecified atom stereocenters. The van der Waals surface area contributed by atoms with E-state index in [1.54, 1.807) is 6.92 Å². The Kier molecular flexibility index (Phi) is 3.57. The number of hydrogen-bond donors (Lipinski definition) is 2. The molecule has 0 aliphatic heterocycles. The molecule has 0 saturated carbocycles. The lowest BCUT2D eigenvalue weighted by Crippen LogP contribution is -2.11. The van der Waals surface area contributed by atoms with E-state index < -0.39 is 11.9 Å². The molecule has 0 spiro atoms. The maximum Gasteiger partial charge on any atom is 0.312 e. The van der Waals surface area contributed by atoms with E-state index in [0.717, 1.165) is 0 Å². The van der Waals surface area contributed by atoms with Crippen molar-refractivity contribution in [2.24, 2.45) is 0 Å². The number of esters is 1. The van der Waals surface area contributed by atoms with Gasteiger partial charge in [-0.2, -0.15) is 0 Å². The number of halogens is 1. The van der Waals surface area contributed by atoms with Gasteiger partial charge in [-0.15, -0.1) is 0 Å². The van der Waals surface area contributed by atoms with Crippen LogP contribution in [-0.2, 0) is 9.53 Å². The van der Waals surface area contributed by atoms with Crippen molar-refractivity contribution < 1.29 is 19.7 Å². The van der Waals surface area contributed by atoms with Crippen LogP contribution in [0.1, 0.15) is 18.4 Å². The lowest BCUT2D eigenvalue weighted by Gasteiger charge is -2.12. The smallest absolute Gasteiger partial charge is 0.312 e. The van der Waals surface area contributed by atoms with Gasteiger partial charge in [0.05, 0.1) is 13.0 Å². The van der Waals surface area contributed by atoms with Crippen molar-refractivity contribution >= 4 is 21.9 Å². The van der Waals surface area contributed by atoms with Gasteiger partial charge < -0.3 is 14.9 Å². The molecule has 0 fully saturated rings. The van der Waals surface area contributed by atoms with Gasteiger partial charge in [0.15, 0.2) is 11.5 Å². The second-order valence-electron chi connectivity index (χ2n) is 3.11. The van der Waals surface area contributed by atoms with Gasteiger partial charge >= 0.3 is 5.97 Å². The summed E-state index contributed by atoms with van der Waals surface area (Å²) in [6.07, 6.45) is 0. The zero-order valence-electron chi connectivity index (χ0n) is 8.32. The second kappa shape index (κ2) is 4.53. The summed E-state index contributed by atoms with van der Waals surface area (Å²) in [6, 6.07) is 2.67. The van der Waals surface area contributed by atoms with Gasteiger partial charge in [-0.1, -0.05) is 15.9 Å². The normalized spacial score (nSPS) is 12.2. The summed E-state index contributed by atoms with van der Waals surface area (Å²) in [5.74, 6) is -1.40. The molecule has 0 bridgehead atoms. The SMILES string of the molecule is COC(=O)C(C)c1cc(O)c(O)cc1Br. The molecule has 1 aromatic rings. The van der Waals surface area contributed by atoms with Crippen molar-refractivity contribution in [2.45, 2.75) is 12.8 Å². The van der Waals surface area contributed by atoms with E-state index in [2.05, 4.69) is 20.7 Å². The van der Waals surface area contributed by atoms with Crippen molar-refractivity contribution in [3.8, 4) is 11.5 Å². The summed E-state index contributed by atoms with van der Waals surface area (Å²) in [7, 11) is 1.30. The molecule has 5 heteroatoms. The Morgan fingerprint density at radius 1 is 1.40 bits per heavy atom.